The summed E-state index contributed by atoms with van der Waals surface area (Å²) in [5.41, 5.74) is 0.576. The molecular weight excluding hydrogens is 508 g/mol. The minimum atomic E-state index is -1.15. The number of rotatable bonds is 6. The number of hydrogen-bond donors (Lipinski definition) is 2. The zero-order chi connectivity index (χ0) is 22.6. The summed E-state index contributed by atoms with van der Waals surface area (Å²) < 4.78 is 12.0. The van der Waals surface area contributed by atoms with Crippen molar-refractivity contribution in [1.82, 2.24) is 20.1 Å². The van der Waals surface area contributed by atoms with Crippen LogP contribution < -0.4 is 78.1 Å². The number of fused-ring (bicyclic) bond motifs is 1. The van der Waals surface area contributed by atoms with E-state index in [-0.39, 0.29) is 64.2 Å². The first-order valence-corrected chi connectivity index (χ1v) is 10.7. The van der Waals surface area contributed by atoms with Gasteiger partial charge in [-0.3, -0.25) is 5.10 Å². The monoisotopic (exact) mass is 529 g/mol. The van der Waals surface area contributed by atoms with Crippen LogP contribution in [0.1, 0.15) is 12.8 Å². The summed E-state index contributed by atoms with van der Waals surface area (Å²) in [5.74, 6) is 3.25. The SMILES string of the molecule is O=C([O-])N1CCCC(Nc2n[nH]c3nccc(Oc4ccc(Oc5ccccc5)cc4)c23)C1.[Rb+]. The van der Waals surface area contributed by atoms with E-state index >= 15 is 0 Å². The van der Waals surface area contributed by atoms with Crippen molar-refractivity contribution >= 4 is 22.9 Å². The Bertz CT molecular complexity index is 1250. The molecule has 0 spiro atoms. The molecule has 168 valence electrons. The second kappa shape index (κ2) is 11.3. The Labute approximate surface area is 245 Å². The van der Waals surface area contributed by atoms with Crippen LogP contribution >= 0.6 is 0 Å². The fraction of sp³-hybridized carbons (Fsp3) is 0.208. The van der Waals surface area contributed by atoms with E-state index in [1.807, 2.05) is 54.6 Å². The first kappa shape index (κ1) is 24.7. The van der Waals surface area contributed by atoms with Gasteiger partial charge in [0.25, 0.3) is 0 Å². The summed E-state index contributed by atoms with van der Waals surface area (Å²) in [6.07, 6.45) is 2.08. The molecule has 5 rings (SSSR count). The van der Waals surface area contributed by atoms with Crippen molar-refractivity contribution in [2.24, 2.45) is 0 Å². The van der Waals surface area contributed by atoms with Gasteiger partial charge in [-0.2, -0.15) is 5.10 Å². The summed E-state index contributed by atoms with van der Waals surface area (Å²) in [6.45, 7) is 0.831. The summed E-state index contributed by atoms with van der Waals surface area (Å²) in [4.78, 5) is 16.9. The Balaban J connectivity index is 0.00000274. The molecule has 1 saturated heterocycles. The van der Waals surface area contributed by atoms with Gasteiger partial charge < -0.3 is 29.6 Å². The smallest absolute Gasteiger partial charge is 0.530 e. The molecule has 2 N–H and O–H groups in total. The number of aromatic nitrogens is 3. The maximum atomic E-state index is 11.2. The Kier molecular flexibility index (Phi) is 8.20. The molecule has 3 heterocycles. The maximum absolute atomic E-state index is 11.2. The number of carbonyl (C=O) groups excluding carboxylic acids is 1. The van der Waals surface area contributed by atoms with Gasteiger partial charge in [0.05, 0.1) is 0 Å². The maximum Gasteiger partial charge on any atom is 1.00 e. The number of ether oxygens (including phenoxy) is 2. The summed E-state index contributed by atoms with van der Waals surface area (Å²) in [6, 6.07) is 18.6. The van der Waals surface area contributed by atoms with Gasteiger partial charge in [0.2, 0.25) is 0 Å². The standard InChI is InChI=1S/C24H23N5O4.Rb/c30-24(31)29-14-4-5-16(15-29)26-23-21-20(12-13-25-22(21)27-28-23)33-19-10-8-18(9-11-19)32-17-6-2-1-3-7-17;/h1-3,6-13,16H,4-5,14-15H2,(H,30,31)(H2,25,26,27,28);/q;+1/p-1. The number of nitrogens with zero attached hydrogens (tertiary/aromatic N) is 3. The Morgan fingerprint density at radius 2 is 1.74 bits per heavy atom. The third-order valence-corrected chi connectivity index (χ3v) is 5.47. The molecule has 2 aromatic carbocycles. The van der Waals surface area contributed by atoms with Crippen molar-refractivity contribution in [3.63, 3.8) is 0 Å². The zero-order valence-electron chi connectivity index (χ0n) is 18.7. The van der Waals surface area contributed by atoms with Gasteiger partial charge >= 0.3 is 58.2 Å². The van der Waals surface area contributed by atoms with Crippen molar-refractivity contribution in [2.45, 2.75) is 18.9 Å². The average Bonchev–Trinajstić information content (AvgIpc) is 3.25. The number of carboxylic acid groups (broad SMARTS) is 1. The van der Waals surface area contributed by atoms with Crippen LogP contribution in [0.5, 0.6) is 23.0 Å². The van der Waals surface area contributed by atoms with Crippen molar-refractivity contribution < 1.29 is 77.6 Å². The first-order chi connectivity index (χ1) is 16.2. The first-order valence-electron chi connectivity index (χ1n) is 10.7. The minimum absolute atomic E-state index is 0. The molecule has 34 heavy (non-hydrogen) atoms. The van der Waals surface area contributed by atoms with E-state index < -0.39 is 6.09 Å². The second-order valence-corrected chi connectivity index (χ2v) is 7.79. The number of likely N-dealkylation sites (tertiary alicyclic amines) is 1. The number of amides is 1. The van der Waals surface area contributed by atoms with E-state index in [1.54, 1.807) is 12.3 Å². The number of piperidine rings is 1. The topological polar surface area (TPSA) is 115 Å². The number of hydrogen-bond acceptors (Lipinski definition) is 7. The van der Waals surface area contributed by atoms with Crippen molar-refractivity contribution in [1.29, 1.82) is 0 Å². The Hall–Kier alpha value is -2.46. The van der Waals surface area contributed by atoms with Crippen LogP contribution in [0.4, 0.5) is 10.6 Å². The van der Waals surface area contributed by atoms with Gasteiger partial charge in [-0.05, 0) is 49.2 Å². The van der Waals surface area contributed by atoms with Gasteiger partial charge in [0, 0.05) is 31.4 Å². The fourth-order valence-electron chi connectivity index (χ4n) is 3.89. The van der Waals surface area contributed by atoms with Crippen molar-refractivity contribution in [3.05, 3.63) is 66.9 Å². The molecule has 1 amide bonds. The van der Waals surface area contributed by atoms with E-state index in [0.29, 0.717) is 47.2 Å². The largest absolute Gasteiger partial charge is 1.00 e. The molecule has 10 heteroatoms. The van der Waals surface area contributed by atoms with Gasteiger partial charge in [0.1, 0.15) is 34.5 Å². The molecule has 1 aliphatic rings. The number of aromatic amines is 1. The van der Waals surface area contributed by atoms with Crippen molar-refractivity contribution in [2.75, 3.05) is 18.4 Å². The third-order valence-electron chi connectivity index (χ3n) is 5.47. The molecule has 2 aromatic heterocycles. The van der Waals surface area contributed by atoms with Gasteiger partial charge in [-0.15, -0.1) is 0 Å². The van der Waals surface area contributed by atoms with E-state index in [9.17, 15) is 9.90 Å². The van der Waals surface area contributed by atoms with Crippen LogP contribution in [0.2, 0.25) is 0 Å². The average molecular weight is 530 g/mol. The normalized spacial score (nSPS) is 15.4. The van der Waals surface area contributed by atoms with Crippen LogP contribution in [0.25, 0.3) is 11.0 Å². The minimum Gasteiger partial charge on any atom is -0.530 e. The molecule has 1 atom stereocenters. The van der Waals surface area contributed by atoms with Crippen LogP contribution in [0.15, 0.2) is 66.9 Å². The van der Waals surface area contributed by atoms with E-state index in [0.717, 1.165) is 18.6 Å². The second-order valence-electron chi connectivity index (χ2n) is 7.79. The summed E-state index contributed by atoms with van der Waals surface area (Å²) >= 11 is 0. The van der Waals surface area contributed by atoms with Crippen LogP contribution in [0.3, 0.4) is 0 Å². The number of para-hydroxylation sites is 1. The van der Waals surface area contributed by atoms with E-state index in [4.69, 9.17) is 9.47 Å². The predicted molar refractivity (Wildman–Crippen MR) is 121 cm³/mol. The Morgan fingerprint density at radius 1 is 1.03 bits per heavy atom. The number of benzene rings is 2. The molecule has 0 aliphatic carbocycles. The molecule has 1 unspecified atom stereocenters. The number of anilines is 1. The molecule has 1 aliphatic heterocycles. The zero-order valence-corrected chi connectivity index (χ0v) is 23.6. The molecular formula is C24H22N5O4Rb. The predicted octanol–water partition coefficient (Wildman–Crippen LogP) is 0.766. The summed E-state index contributed by atoms with van der Waals surface area (Å²) in [7, 11) is 0. The van der Waals surface area contributed by atoms with Gasteiger partial charge in [0.15, 0.2) is 11.5 Å². The fourth-order valence-corrected chi connectivity index (χ4v) is 3.89. The van der Waals surface area contributed by atoms with Crippen LogP contribution in [0, 0.1) is 0 Å². The molecule has 9 nitrogen and oxygen atoms in total. The van der Waals surface area contributed by atoms with Crippen LogP contribution in [-0.4, -0.2) is 45.3 Å². The van der Waals surface area contributed by atoms with Crippen molar-refractivity contribution in [3.8, 4) is 23.0 Å². The quantitative estimate of drug-likeness (QED) is 0.379. The number of carbonyl (C=O) groups is 1. The Morgan fingerprint density at radius 3 is 2.47 bits per heavy atom. The van der Waals surface area contributed by atoms with Gasteiger partial charge in [-0.25, -0.2) is 4.98 Å². The number of nitrogens with one attached hydrogen (secondary N) is 2. The summed E-state index contributed by atoms with van der Waals surface area (Å²) in [5, 5.41) is 22.5. The molecule has 4 aromatic rings. The molecule has 0 radical (unpaired) electrons. The van der Waals surface area contributed by atoms with E-state index in [1.165, 1.54) is 4.90 Å². The molecule has 1 fully saturated rings. The molecule has 0 bridgehead atoms. The number of H-pyrrole nitrogens is 1. The number of pyridine rings is 1. The molecule has 0 saturated carbocycles. The third kappa shape index (κ3) is 5.77. The van der Waals surface area contributed by atoms with Crippen LogP contribution in [-0.2, 0) is 0 Å². The van der Waals surface area contributed by atoms with Gasteiger partial charge in [-0.1, -0.05) is 18.2 Å². The van der Waals surface area contributed by atoms with E-state index in [2.05, 4.69) is 20.5 Å².